The van der Waals surface area contributed by atoms with Gasteiger partial charge >= 0.3 is 0 Å². The number of nitrogens with zero attached hydrogens (tertiary/aromatic N) is 3. The van der Waals surface area contributed by atoms with Crippen molar-refractivity contribution in [1.29, 1.82) is 0 Å². The predicted octanol–water partition coefficient (Wildman–Crippen LogP) is 1.56. The van der Waals surface area contributed by atoms with E-state index in [0.717, 1.165) is 18.7 Å². The number of hydrogen-bond acceptors (Lipinski definition) is 6. The Kier molecular flexibility index (Phi) is 5.49. The van der Waals surface area contributed by atoms with Gasteiger partial charge in [-0.05, 0) is 13.8 Å². The molecule has 7 heteroatoms. The van der Waals surface area contributed by atoms with E-state index in [0.29, 0.717) is 17.3 Å². The number of anilines is 1. The minimum atomic E-state index is -0.221. The smallest absolute Gasteiger partial charge is 0.255 e. The van der Waals surface area contributed by atoms with Crippen molar-refractivity contribution in [3.05, 3.63) is 42.1 Å². The molecule has 0 spiro atoms. The Hall–Kier alpha value is -2.51. The lowest BCUT2D eigenvalue weighted by Crippen LogP contribution is -2.44. The van der Waals surface area contributed by atoms with E-state index in [9.17, 15) is 4.79 Å². The first kappa shape index (κ1) is 18.3. The standard InChI is InChI=1S/C19H25N5O2/c1-12(2)24-10-15(16(11-24)26-3)22-18(25)14-9-21-19(20)23-17(14)13-7-5-4-6-8-13/h4-9,12,15-16H,10-11H2,1-3H3,(H,22,25)(H2,20,21,23)/t15-,16-/m0/s1. The zero-order chi connectivity index (χ0) is 18.7. The number of methoxy groups -OCH3 is 1. The van der Waals surface area contributed by atoms with E-state index >= 15 is 0 Å². The molecule has 3 rings (SSSR count). The lowest BCUT2D eigenvalue weighted by Gasteiger charge is -2.20. The molecule has 2 heterocycles. The van der Waals surface area contributed by atoms with Gasteiger partial charge < -0.3 is 15.8 Å². The van der Waals surface area contributed by atoms with Gasteiger partial charge in [0.25, 0.3) is 5.91 Å². The highest BCUT2D eigenvalue weighted by atomic mass is 16.5. The molecule has 1 aromatic carbocycles. The molecule has 7 nitrogen and oxygen atoms in total. The third kappa shape index (κ3) is 3.84. The number of carbonyl (C=O) groups is 1. The van der Waals surface area contributed by atoms with Crippen molar-refractivity contribution in [3.8, 4) is 11.3 Å². The number of hydrogen-bond donors (Lipinski definition) is 2. The van der Waals surface area contributed by atoms with Crippen molar-refractivity contribution in [3.63, 3.8) is 0 Å². The Morgan fingerprint density at radius 2 is 2.04 bits per heavy atom. The average molecular weight is 355 g/mol. The van der Waals surface area contributed by atoms with E-state index in [1.807, 2.05) is 30.3 Å². The molecule has 1 aromatic heterocycles. The van der Waals surface area contributed by atoms with Gasteiger partial charge in [-0.2, -0.15) is 0 Å². The van der Waals surface area contributed by atoms with Crippen molar-refractivity contribution < 1.29 is 9.53 Å². The summed E-state index contributed by atoms with van der Waals surface area (Å²) in [4.78, 5) is 23.5. The summed E-state index contributed by atoms with van der Waals surface area (Å²) in [5.74, 6) is -0.0801. The first-order valence-corrected chi connectivity index (χ1v) is 8.75. The Balaban J connectivity index is 1.84. The number of aromatic nitrogens is 2. The van der Waals surface area contributed by atoms with Gasteiger partial charge in [0, 0.05) is 38.0 Å². The number of amides is 1. The molecule has 138 valence electrons. The third-order valence-electron chi connectivity index (χ3n) is 4.74. The molecule has 1 saturated heterocycles. The zero-order valence-corrected chi connectivity index (χ0v) is 15.3. The lowest BCUT2D eigenvalue weighted by molar-refractivity contribution is 0.0753. The summed E-state index contributed by atoms with van der Waals surface area (Å²) in [6, 6.07) is 9.81. The quantitative estimate of drug-likeness (QED) is 0.845. The van der Waals surface area contributed by atoms with Crippen LogP contribution in [0.25, 0.3) is 11.3 Å². The number of nitrogens with two attached hydrogens (primary N) is 1. The Bertz CT molecular complexity index is 766. The minimum Gasteiger partial charge on any atom is -0.378 e. The van der Waals surface area contributed by atoms with Crippen LogP contribution in [0.4, 0.5) is 5.95 Å². The van der Waals surface area contributed by atoms with Crippen LogP contribution in [0.2, 0.25) is 0 Å². The Labute approximate surface area is 153 Å². The number of rotatable bonds is 5. The fraction of sp³-hybridized carbons (Fsp3) is 0.421. The summed E-state index contributed by atoms with van der Waals surface area (Å²) >= 11 is 0. The second-order valence-corrected chi connectivity index (χ2v) is 6.76. The molecule has 1 aliphatic heterocycles. The normalized spacial score (nSPS) is 20.5. The van der Waals surface area contributed by atoms with Crippen LogP contribution in [0, 0.1) is 0 Å². The highest BCUT2D eigenvalue weighted by Crippen LogP contribution is 2.22. The number of likely N-dealkylation sites (tertiary alicyclic amines) is 1. The first-order valence-electron chi connectivity index (χ1n) is 8.75. The molecule has 0 bridgehead atoms. The number of carbonyl (C=O) groups excluding carboxylic acids is 1. The van der Waals surface area contributed by atoms with Crippen LogP contribution in [-0.4, -0.2) is 59.2 Å². The maximum Gasteiger partial charge on any atom is 0.255 e. The Morgan fingerprint density at radius 1 is 1.31 bits per heavy atom. The van der Waals surface area contributed by atoms with Gasteiger partial charge in [0.2, 0.25) is 5.95 Å². The zero-order valence-electron chi connectivity index (χ0n) is 15.3. The highest BCUT2D eigenvalue weighted by molar-refractivity contribution is 6.00. The predicted molar refractivity (Wildman–Crippen MR) is 101 cm³/mol. The van der Waals surface area contributed by atoms with E-state index in [1.165, 1.54) is 6.20 Å². The topological polar surface area (TPSA) is 93.4 Å². The second-order valence-electron chi connectivity index (χ2n) is 6.76. The number of nitrogen functional groups attached to an aromatic ring is 1. The summed E-state index contributed by atoms with van der Waals surface area (Å²) in [7, 11) is 1.68. The van der Waals surface area contributed by atoms with Gasteiger partial charge in [0.1, 0.15) is 0 Å². The maximum atomic E-state index is 12.9. The van der Waals surface area contributed by atoms with Crippen LogP contribution >= 0.6 is 0 Å². The average Bonchev–Trinajstić information content (AvgIpc) is 3.05. The monoisotopic (exact) mass is 355 g/mol. The van der Waals surface area contributed by atoms with Gasteiger partial charge in [0.05, 0.1) is 23.4 Å². The molecule has 2 atom stereocenters. The molecule has 1 aliphatic rings. The highest BCUT2D eigenvalue weighted by Gasteiger charge is 2.35. The van der Waals surface area contributed by atoms with Crippen molar-refractivity contribution >= 4 is 11.9 Å². The summed E-state index contributed by atoms with van der Waals surface area (Å²) in [5.41, 5.74) is 7.50. The molecule has 1 amide bonds. The van der Waals surface area contributed by atoms with E-state index in [-0.39, 0.29) is 24.0 Å². The molecule has 0 radical (unpaired) electrons. The lowest BCUT2D eigenvalue weighted by atomic mass is 10.1. The molecule has 3 N–H and O–H groups in total. The maximum absolute atomic E-state index is 12.9. The summed E-state index contributed by atoms with van der Waals surface area (Å²) in [5, 5.41) is 3.08. The van der Waals surface area contributed by atoms with Gasteiger partial charge in [-0.1, -0.05) is 30.3 Å². The summed E-state index contributed by atoms with van der Waals surface area (Å²) < 4.78 is 5.57. The van der Waals surface area contributed by atoms with Crippen molar-refractivity contribution in [1.82, 2.24) is 20.2 Å². The molecular weight excluding hydrogens is 330 g/mol. The van der Waals surface area contributed by atoms with Crippen LogP contribution in [0.3, 0.4) is 0 Å². The molecular formula is C19H25N5O2. The van der Waals surface area contributed by atoms with Crippen LogP contribution in [0.15, 0.2) is 36.5 Å². The molecule has 26 heavy (non-hydrogen) atoms. The molecule has 0 saturated carbocycles. The van der Waals surface area contributed by atoms with E-state index in [2.05, 4.69) is 34.0 Å². The molecule has 0 aliphatic carbocycles. The number of benzene rings is 1. The van der Waals surface area contributed by atoms with Gasteiger partial charge in [-0.3, -0.25) is 9.69 Å². The summed E-state index contributed by atoms with van der Waals surface area (Å²) in [6.45, 7) is 5.82. The number of ether oxygens (including phenoxy) is 1. The van der Waals surface area contributed by atoms with Crippen LogP contribution in [-0.2, 0) is 4.74 Å². The minimum absolute atomic E-state index is 0.0452. The van der Waals surface area contributed by atoms with Gasteiger partial charge in [-0.25, -0.2) is 9.97 Å². The van der Waals surface area contributed by atoms with E-state index in [4.69, 9.17) is 10.5 Å². The van der Waals surface area contributed by atoms with E-state index < -0.39 is 0 Å². The van der Waals surface area contributed by atoms with Crippen molar-refractivity contribution in [2.75, 3.05) is 25.9 Å². The number of nitrogens with one attached hydrogen (secondary N) is 1. The second kappa shape index (κ2) is 7.80. The fourth-order valence-corrected chi connectivity index (χ4v) is 3.23. The molecule has 0 unspecified atom stereocenters. The van der Waals surface area contributed by atoms with Gasteiger partial charge in [-0.15, -0.1) is 0 Å². The van der Waals surface area contributed by atoms with Crippen molar-refractivity contribution in [2.45, 2.75) is 32.0 Å². The van der Waals surface area contributed by atoms with Crippen LogP contribution in [0.5, 0.6) is 0 Å². The largest absolute Gasteiger partial charge is 0.378 e. The Morgan fingerprint density at radius 3 is 2.69 bits per heavy atom. The van der Waals surface area contributed by atoms with E-state index in [1.54, 1.807) is 7.11 Å². The first-order chi connectivity index (χ1) is 12.5. The SMILES string of the molecule is CO[C@H]1CN(C(C)C)C[C@@H]1NC(=O)c1cnc(N)nc1-c1ccccc1. The van der Waals surface area contributed by atoms with Crippen molar-refractivity contribution in [2.24, 2.45) is 0 Å². The third-order valence-corrected chi connectivity index (χ3v) is 4.74. The van der Waals surface area contributed by atoms with Crippen LogP contribution < -0.4 is 11.1 Å². The molecule has 1 fully saturated rings. The fourth-order valence-electron chi connectivity index (χ4n) is 3.23. The van der Waals surface area contributed by atoms with Gasteiger partial charge in [0.15, 0.2) is 0 Å². The summed E-state index contributed by atoms with van der Waals surface area (Å²) in [6.07, 6.45) is 1.44. The molecule has 2 aromatic rings. The van der Waals surface area contributed by atoms with Crippen LogP contribution in [0.1, 0.15) is 24.2 Å².